The van der Waals surface area contributed by atoms with E-state index in [0.717, 1.165) is 54.5 Å². The molecule has 3 rings (SSSR count). The lowest BCUT2D eigenvalue weighted by atomic mass is 9.84. The molecule has 0 amide bonds. The molecule has 0 unspecified atom stereocenters. The predicted molar refractivity (Wildman–Crippen MR) is 139 cm³/mol. The van der Waals surface area contributed by atoms with E-state index in [0.29, 0.717) is 18.3 Å². The van der Waals surface area contributed by atoms with Gasteiger partial charge in [-0.25, -0.2) is 4.79 Å². The molecule has 0 spiro atoms. The van der Waals surface area contributed by atoms with Crippen molar-refractivity contribution in [3.63, 3.8) is 0 Å². The Kier molecular flexibility index (Phi) is 8.86. The van der Waals surface area contributed by atoms with E-state index in [9.17, 15) is 9.59 Å². The molecule has 0 aromatic heterocycles. The maximum atomic E-state index is 13.2. The molecular weight excluding hydrogens is 444 g/mol. The maximum absolute atomic E-state index is 13.2. The van der Waals surface area contributed by atoms with E-state index in [1.807, 2.05) is 44.4 Å². The molecule has 1 saturated carbocycles. The van der Waals surface area contributed by atoms with Crippen molar-refractivity contribution in [2.45, 2.75) is 77.2 Å². The zero-order valence-corrected chi connectivity index (χ0v) is 22.2. The number of esters is 1. The highest BCUT2D eigenvalue weighted by Gasteiger charge is 2.34. The minimum absolute atomic E-state index is 0.121. The Balaban J connectivity index is 1.66. The topological polar surface area (TPSA) is 52.6 Å². The van der Waals surface area contributed by atoms with Crippen LogP contribution in [0.4, 0.5) is 0 Å². The van der Waals surface area contributed by atoms with Crippen LogP contribution in [0.25, 0.3) is 0 Å². The van der Waals surface area contributed by atoms with E-state index in [1.54, 1.807) is 32.5 Å². The van der Waals surface area contributed by atoms with Crippen LogP contribution in [-0.4, -0.2) is 30.2 Å². The third-order valence-electron chi connectivity index (χ3n) is 6.82. The molecule has 0 bridgehead atoms. The molecule has 2 aromatic carbocycles. The van der Waals surface area contributed by atoms with Gasteiger partial charge in [0.15, 0.2) is 11.4 Å². The summed E-state index contributed by atoms with van der Waals surface area (Å²) in [5.41, 5.74) is 3.07. The van der Waals surface area contributed by atoms with Gasteiger partial charge in [0.05, 0.1) is 6.61 Å². The maximum Gasteiger partial charge on any atom is 0.349 e. The molecule has 184 valence electrons. The molecule has 2 aromatic rings. The number of Topliss-reactive ketones (excluding diaryl/α,β-unsaturated/α-hetero) is 1. The van der Waals surface area contributed by atoms with Gasteiger partial charge < -0.3 is 9.47 Å². The molecule has 0 saturated heterocycles. The number of aryl methyl sites for hydroxylation is 3. The molecule has 1 aliphatic rings. The van der Waals surface area contributed by atoms with Gasteiger partial charge in [-0.15, -0.1) is 11.8 Å². The number of benzene rings is 2. The first-order valence-electron chi connectivity index (χ1n) is 12.3. The number of thioether (sulfide) groups is 1. The Morgan fingerprint density at radius 3 is 2.29 bits per heavy atom. The zero-order chi connectivity index (χ0) is 24.9. The molecule has 0 radical (unpaired) electrons. The first-order chi connectivity index (χ1) is 16.2. The second kappa shape index (κ2) is 11.4. The fraction of sp³-hybridized carbons (Fsp3) is 0.517. The average molecular weight is 483 g/mol. The summed E-state index contributed by atoms with van der Waals surface area (Å²) >= 11 is 1.69. The number of ketones is 1. The van der Waals surface area contributed by atoms with E-state index in [-0.39, 0.29) is 11.9 Å². The lowest BCUT2D eigenvalue weighted by Gasteiger charge is -2.26. The lowest BCUT2D eigenvalue weighted by molar-refractivity contribution is -0.158. The number of hydrogen-bond acceptors (Lipinski definition) is 5. The lowest BCUT2D eigenvalue weighted by Crippen LogP contribution is -2.40. The highest BCUT2D eigenvalue weighted by molar-refractivity contribution is 7.98. The van der Waals surface area contributed by atoms with Gasteiger partial charge in [-0.05, 0) is 101 Å². The third kappa shape index (κ3) is 6.24. The van der Waals surface area contributed by atoms with Crippen molar-refractivity contribution >= 4 is 23.5 Å². The summed E-state index contributed by atoms with van der Waals surface area (Å²) in [7, 11) is 0. The largest absolute Gasteiger partial charge is 0.476 e. The van der Waals surface area contributed by atoms with Gasteiger partial charge in [0, 0.05) is 16.4 Å². The minimum Gasteiger partial charge on any atom is -0.476 e. The number of carbonyl (C=O) groups is 2. The van der Waals surface area contributed by atoms with Crippen LogP contribution in [0, 0.1) is 25.7 Å². The van der Waals surface area contributed by atoms with Crippen molar-refractivity contribution in [3.05, 3.63) is 58.7 Å². The minimum atomic E-state index is -1.04. The quantitative estimate of drug-likeness (QED) is 0.208. The number of rotatable bonds is 10. The monoisotopic (exact) mass is 482 g/mol. The SMILES string of the molecule is CCOC(=O)C(C)(C)Oc1c(C)cc(CC[C@H]2CCC[C@@H]2C(=O)c2ccc(SC)cc2)cc1C. The molecule has 2 atom stereocenters. The summed E-state index contributed by atoms with van der Waals surface area (Å²) in [6, 6.07) is 12.3. The van der Waals surface area contributed by atoms with Crippen LogP contribution >= 0.6 is 11.8 Å². The number of carbonyl (C=O) groups excluding carboxylic acids is 2. The Morgan fingerprint density at radius 2 is 1.71 bits per heavy atom. The van der Waals surface area contributed by atoms with Gasteiger partial charge in [-0.1, -0.05) is 30.7 Å². The van der Waals surface area contributed by atoms with Crippen molar-refractivity contribution in [2.24, 2.45) is 11.8 Å². The van der Waals surface area contributed by atoms with E-state index >= 15 is 0 Å². The second-order valence-electron chi connectivity index (χ2n) is 9.82. The van der Waals surface area contributed by atoms with Gasteiger partial charge in [0.1, 0.15) is 5.75 Å². The van der Waals surface area contributed by atoms with Gasteiger partial charge in [0.2, 0.25) is 0 Å². The third-order valence-corrected chi connectivity index (χ3v) is 7.56. The van der Waals surface area contributed by atoms with E-state index in [4.69, 9.17) is 9.47 Å². The van der Waals surface area contributed by atoms with Crippen LogP contribution < -0.4 is 4.74 Å². The van der Waals surface area contributed by atoms with Crippen LogP contribution in [-0.2, 0) is 16.0 Å². The van der Waals surface area contributed by atoms with Crippen molar-refractivity contribution in [3.8, 4) is 5.75 Å². The Labute approximate surface area is 208 Å². The number of ether oxygens (including phenoxy) is 2. The van der Waals surface area contributed by atoms with Gasteiger partial charge >= 0.3 is 5.97 Å². The molecule has 0 N–H and O–H groups in total. The molecule has 5 heteroatoms. The average Bonchev–Trinajstić information content (AvgIpc) is 3.28. The summed E-state index contributed by atoms with van der Waals surface area (Å²) in [5, 5.41) is 0. The zero-order valence-electron chi connectivity index (χ0n) is 21.4. The normalized spacial score (nSPS) is 18.1. The summed E-state index contributed by atoms with van der Waals surface area (Å²) < 4.78 is 11.3. The molecule has 0 heterocycles. The van der Waals surface area contributed by atoms with Crippen LogP contribution in [0.5, 0.6) is 5.75 Å². The Bertz CT molecular complexity index is 986. The highest BCUT2D eigenvalue weighted by atomic mass is 32.2. The molecule has 4 nitrogen and oxygen atoms in total. The predicted octanol–water partition coefficient (Wildman–Crippen LogP) is 6.98. The fourth-order valence-electron chi connectivity index (χ4n) is 5.00. The standard InChI is InChI=1S/C29H38O4S/c1-7-32-28(31)29(4,5)33-27-19(2)17-21(18-20(27)3)11-12-22-9-8-10-25(22)26(30)23-13-15-24(34-6)16-14-23/h13-18,22,25H,7-12H2,1-6H3/t22-,25+/m1/s1. The van der Waals surface area contributed by atoms with Crippen LogP contribution in [0.15, 0.2) is 41.3 Å². The van der Waals surface area contributed by atoms with Crippen molar-refractivity contribution in [2.75, 3.05) is 12.9 Å². The first-order valence-corrected chi connectivity index (χ1v) is 13.5. The summed E-state index contributed by atoms with van der Waals surface area (Å²) in [4.78, 5) is 26.6. The Hall–Kier alpha value is -2.27. The summed E-state index contributed by atoms with van der Waals surface area (Å²) in [6.45, 7) is 9.65. The van der Waals surface area contributed by atoms with Crippen molar-refractivity contribution in [1.29, 1.82) is 0 Å². The van der Waals surface area contributed by atoms with Gasteiger partial charge in [0.25, 0.3) is 0 Å². The van der Waals surface area contributed by atoms with Gasteiger partial charge in [-0.2, -0.15) is 0 Å². The number of hydrogen-bond donors (Lipinski definition) is 0. The molecule has 1 aliphatic carbocycles. The summed E-state index contributed by atoms with van der Waals surface area (Å²) in [6.07, 6.45) is 7.22. The molecule has 1 fully saturated rings. The van der Waals surface area contributed by atoms with E-state index in [1.165, 1.54) is 10.5 Å². The second-order valence-corrected chi connectivity index (χ2v) is 10.7. The van der Waals surface area contributed by atoms with E-state index in [2.05, 4.69) is 12.1 Å². The van der Waals surface area contributed by atoms with Crippen LogP contribution in [0.2, 0.25) is 0 Å². The molecule has 34 heavy (non-hydrogen) atoms. The first kappa shape index (κ1) is 26.3. The molecule has 0 aliphatic heterocycles. The molecular formula is C29H38O4S. The summed E-state index contributed by atoms with van der Waals surface area (Å²) in [5.74, 6) is 1.22. The van der Waals surface area contributed by atoms with E-state index < -0.39 is 5.60 Å². The Morgan fingerprint density at radius 1 is 1.06 bits per heavy atom. The van der Waals surface area contributed by atoms with Crippen LogP contribution in [0.1, 0.15) is 73.5 Å². The fourth-order valence-corrected chi connectivity index (χ4v) is 5.40. The highest BCUT2D eigenvalue weighted by Crippen LogP contribution is 2.38. The van der Waals surface area contributed by atoms with Crippen molar-refractivity contribution < 1.29 is 19.1 Å². The smallest absolute Gasteiger partial charge is 0.349 e. The van der Waals surface area contributed by atoms with Gasteiger partial charge in [-0.3, -0.25) is 4.79 Å². The van der Waals surface area contributed by atoms with Crippen LogP contribution in [0.3, 0.4) is 0 Å². The van der Waals surface area contributed by atoms with Crippen molar-refractivity contribution in [1.82, 2.24) is 0 Å².